The van der Waals surface area contributed by atoms with E-state index in [1.54, 1.807) is 0 Å². The zero-order valence-electron chi connectivity index (χ0n) is 30.7. The van der Waals surface area contributed by atoms with Gasteiger partial charge in [-0.15, -0.1) is 20.4 Å². The second kappa shape index (κ2) is 17.9. The Bertz CT molecular complexity index is 2020. The summed E-state index contributed by atoms with van der Waals surface area (Å²) in [5.74, 6) is 2.89. The molecule has 4 heterocycles. The van der Waals surface area contributed by atoms with Gasteiger partial charge < -0.3 is 0 Å². The van der Waals surface area contributed by atoms with Crippen LogP contribution in [0.1, 0.15) is 45.6 Å². The highest BCUT2D eigenvalue weighted by molar-refractivity contribution is 5.17. The summed E-state index contributed by atoms with van der Waals surface area (Å²) < 4.78 is 7.34. The van der Waals surface area contributed by atoms with Crippen molar-refractivity contribution in [3.8, 4) is 0 Å². The highest BCUT2D eigenvalue weighted by Gasteiger charge is 2.22. The molecule has 0 N–H and O–H groups in total. The average molecular weight is 749 g/mol. The molecule has 18 nitrogen and oxygen atoms in total. The topological polar surface area (TPSA) is 181 Å². The van der Waals surface area contributed by atoms with Crippen LogP contribution < -0.4 is 0 Å². The van der Waals surface area contributed by atoms with E-state index in [9.17, 15) is 0 Å². The number of benzene rings is 4. The van der Waals surface area contributed by atoms with Gasteiger partial charge in [-0.2, -0.15) is 0 Å². The summed E-state index contributed by atoms with van der Waals surface area (Å²) >= 11 is 0. The van der Waals surface area contributed by atoms with Gasteiger partial charge in [0.1, 0.15) is 0 Å². The van der Waals surface area contributed by atoms with Crippen molar-refractivity contribution in [2.75, 3.05) is 13.1 Å². The molecule has 0 radical (unpaired) electrons. The van der Waals surface area contributed by atoms with Crippen LogP contribution >= 0.6 is 0 Å². The van der Waals surface area contributed by atoms with Crippen LogP contribution in [-0.2, 0) is 52.4 Å². The van der Waals surface area contributed by atoms with Crippen molar-refractivity contribution in [3.05, 3.63) is 167 Å². The number of hydrogen-bond donors (Lipinski definition) is 0. The molecular formula is C38H40N18. The SMILES string of the molecule is c1ccc(Cn2nnnc2CN(CCN(Cc2nnnn2Cc2ccccc2)Cc2nnnn2Cc2ccccc2)Cc2nnnn2Cc2ccccc2)cc1. The van der Waals surface area contributed by atoms with Crippen molar-refractivity contribution in [2.24, 2.45) is 0 Å². The molecule has 0 amide bonds. The predicted molar refractivity (Wildman–Crippen MR) is 202 cm³/mol. The van der Waals surface area contributed by atoms with E-state index >= 15 is 0 Å². The Morgan fingerprint density at radius 2 is 0.554 bits per heavy atom. The molecule has 0 aliphatic heterocycles. The van der Waals surface area contributed by atoms with Gasteiger partial charge in [-0.05, 0) is 64.0 Å². The third-order valence-corrected chi connectivity index (χ3v) is 9.32. The van der Waals surface area contributed by atoms with E-state index in [1.165, 1.54) is 0 Å². The molecule has 282 valence electrons. The zero-order chi connectivity index (χ0) is 37.8. The molecule has 0 saturated heterocycles. The van der Waals surface area contributed by atoms with Crippen LogP contribution in [0, 0.1) is 0 Å². The normalized spacial score (nSPS) is 11.5. The fourth-order valence-corrected chi connectivity index (χ4v) is 6.37. The lowest BCUT2D eigenvalue weighted by atomic mass is 10.2. The molecule has 0 spiro atoms. The van der Waals surface area contributed by atoms with Crippen molar-refractivity contribution >= 4 is 0 Å². The molecule has 0 aliphatic carbocycles. The summed E-state index contributed by atoms with van der Waals surface area (Å²) in [4.78, 5) is 4.51. The number of hydrogen-bond acceptors (Lipinski definition) is 14. The van der Waals surface area contributed by atoms with Gasteiger partial charge in [0.2, 0.25) is 0 Å². The fraction of sp³-hybridized carbons (Fsp3) is 0.263. The summed E-state index contributed by atoms with van der Waals surface area (Å²) in [6, 6.07) is 40.6. The maximum atomic E-state index is 4.45. The minimum absolute atomic E-state index is 0.448. The van der Waals surface area contributed by atoms with E-state index in [1.807, 2.05) is 91.5 Å². The Balaban J connectivity index is 1.06. The number of nitrogens with zero attached hydrogens (tertiary/aromatic N) is 18. The van der Waals surface area contributed by atoms with Gasteiger partial charge >= 0.3 is 0 Å². The molecule has 0 fully saturated rings. The smallest absolute Gasteiger partial charge is 0.165 e. The molecule has 18 heteroatoms. The molecule has 4 aromatic heterocycles. The molecule has 0 saturated carbocycles. The summed E-state index contributed by atoms with van der Waals surface area (Å²) in [6.45, 7) is 5.16. The standard InChI is InChI=1S/C38H40N18/c1-5-13-31(14-6-1)23-53-35(39-43-47-53)27-51(28-36-40-44-48-54(36)24-32-15-7-2-8-16-32)21-22-52(29-37-41-45-49-55(37)25-33-17-9-3-10-18-33)30-38-42-46-50-56(38)26-34-19-11-4-12-20-34/h1-20H,21-30H2. The van der Waals surface area contributed by atoms with Crippen molar-refractivity contribution in [3.63, 3.8) is 0 Å². The molecule has 0 atom stereocenters. The van der Waals surface area contributed by atoms with Gasteiger partial charge in [-0.1, -0.05) is 121 Å². The Morgan fingerprint density at radius 1 is 0.321 bits per heavy atom. The number of rotatable bonds is 19. The zero-order valence-corrected chi connectivity index (χ0v) is 30.7. The first kappa shape index (κ1) is 36.1. The molecule has 0 bridgehead atoms. The highest BCUT2D eigenvalue weighted by atomic mass is 15.6. The highest BCUT2D eigenvalue weighted by Crippen LogP contribution is 2.14. The van der Waals surface area contributed by atoms with Crippen LogP contribution in [0.25, 0.3) is 0 Å². The molecule has 0 aliphatic rings. The van der Waals surface area contributed by atoms with Gasteiger partial charge in [0.25, 0.3) is 0 Å². The number of aromatic nitrogens is 16. The minimum Gasteiger partial charge on any atom is -0.287 e. The van der Waals surface area contributed by atoms with Gasteiger partial charge in [0, 0.05) is 13.1 Å². The lowest BCUT2D eigenvalue weighted by Crippen LogP contribution is -2.36. The van der Waals surface area contributed by atoms with E-state index in [4.69, 9.17) is 0 Å². The first-order valence-corrected chi connectivity index (χ1v) is 18.3. The van der Waals surface area contributed by atoms with Gasteiger partial charge in [-0.3, -0.25) is 9.80 Å². The lowest BCUT2D eigenvalue weighted by Gasteiger charge is -2.26. The Hall–Kier alpha value is -6.92. The van der Waals surface area contributed by atoms with Crippen molar-refractivity contribution in [1.82, 2.24) is 90.6 Å². The molecular weight excluding hydrogens is 709 g/mol. The minimum atomic E-state index is 0.448. The van der Waals surface area contributed by atoms with E-state index in [0.29, 0.717) is 65.4 Å². The second-order valence-corrected chi connectivity index (χ2v) is 13.4. The van der Waals surface area contributed by atoms with Gasteiger partial charge in [0.15, 0.2) is 23.3 Å². The number of tetrazole rings is 4. The Kier molecular flexibility index (Phi) is 11.6. The van der Waals surface area contributed by atoms with Crippen LogP contribution in [0.3, 0.4) is 0 Å². The maximum absolute atomic E-state index is 4.45. The van der Waals surface area contributed by atoms with Crippen LogP contribution in [0.2, 0.25) is 0 Å². The summed E-state index contributed by atoms with van der Waals surface area (Å²) in [5.41, 5.74) is 4.41. The third-order valence-electron chi connectivity index (χ3n) is 9.32. The Labute approximate surface area is 322 Å². The monoisotopic (exact) mass is 748 g/mol. The van der Waals surface area contributed by atoms with Crippen LogP contribution in [0.4, 0.5) is 0 Å². The summed E-state index contributed by atoms with van der Waals surface area (Å²) in [6.07, 6.45) is 0. The molecule has 0 unspecified atom stereocenters. The van der Waals surface area contributed by atoms with E-state index < -0.39 is 0 Å². The Morgan fingerprint density at radius 3 is 0.786 bits per heavy atom. The molecule has 8 rings (SSSR count). The molecule has 8 aromatic rings. The lowest BCUT2D eigenvalue weighted by molar-refractivity contribution is 0.166. The first-order chi connectivity index (χ1) is 27.7. The van der Waals surface area contributed by atoms with E-state index in [-0.39, 0.29) is 0 Å². The second-order valence-electron chi connectivity index (χ2n) is 13.4. The predicted octanol–water partition coefficient (Wildman–Crippen LogP) is 2.53. The van der Waals surface area contributed by atoms with E-state index in [2.05, 4.69) is 120 Å². The average Bonchev–Trinajstić information content (AvgIpc) is 4.06. The third kappa shape index (κ3) is 9.59. The summed E-state index contributed by atoms with van der Waals surface area (Å²) in [7, 11) is 0. The van der Waals surface area contributed by atoms with E-state index in [0.717, 1.165) is 45.6 Å². The van der Waals surface area contributed by atoms with Gasteiger partial charge in [-0.25, -0.2) is 18.7 Å². The van der Waals surface area contributed by atoms with Crippen LogP contribution in [0.15, 0.2) is 121 Å². The van der Waals surface area contributed by atoms with Crippen molar-refractivity contribution in [2.45, 2.75) is 52.4 Å². The molecule has 4 aromatic carbocycles. The maximum Gasteiger partial charge on any atom is 0.165 e. The quantitative estimate of drug-likeness (QED) is 0.118. The van der Waals surface area contributed by atoms with Crippen LogP contribution in [-0.4, -0.2) is 104 Å². The van der Waals surface area contributed by atoms with Crippen LogP contribution in [0.5, 0.6) is 0 Å². The molecule has 56 heavy (non-hydrogen) atoms. The first-order valence-electron chi connectivity index (χ1n) is 18.3. The van der Waals surface area contributed by atoms with Gasteiger partial charge in [0.05, 0.1) is 52.4 Å². The van der Waals surface area contributed by atoms with Crippen molar-refractivity contribution < 1.29 is 0 Å². The largest absolute Gasteiger partial charge is 0.287 e. The van der Waals surface area contributed by atoms with Crippen molar-refractivity contribution in [1.29, 1.82) is 0 Å². The fourth-order valence-electron chi connectivity index (χ4n) is 6.37. The summed E-state index contributed by atoms with van der Waals surface area (Å²) in [5, 5.41) is 51.4.